The van der Waals surface area contributed by atoms with Gasteiger partial charge in [-0.2, -0.15) is 0 Å². The van der Waals surface area contributed by atoms with Crippen LogP contribution in [0, 0.1) is 0 Å². The van der Waals surface area contributed by atoms with E-state index in [9.17, 15) is 0 Å². The minimum atomic E-state index is 0. The fourth-order valence-electron chi connectivity index (χ4n) is 1.86. The van der Waals surface area contributed by atoms with Crippen LogP contribution >= 0.6 is 0 Å². The summed E-state index contributed by atoms with van der Waals surface area (Å²) in [4.78, 5) is 8.93. The van der Waals surface area contributed by atoms with Crippen LogP contribution in [-0.2, 0) is 32.7 Å². The molecule has 0 aliphatic carbocycles. The molecule has 0 amide bonds. The first-order valence-electron chi connectivity index (χ1n) is 5.86. The Morgan fingerprint density at radius 3 is 1.42 bits per heavy atom. The Bertz CT molecular complexity index is 584. The number of hydrogen-bond acceptors (Lipinski definition) is 2. The van der Waals surface area contributed by atoms with Crippen molar-refractivity contribution in [2.24, 2.45) is 0 Å². The van der Waals surface area contributed by atoms with Crippen LogP contribution in [0.15, 0.2) is 73.1 Å². The van der Waals surface area contributed by atoms with Crippen molar-refractivity contribution in [3.8, 4) is 22.5 Å². The number of hydrogen-bond donors (Lipinski definition) is 0. The third-order valence-corrected chi connectivity index (χ3v) is 2.77. The molecule has 0 bridgehead atoms. The van der Waals surface area contributed by atoms with Crippen molar-refractivity contribution < 1.29 is 32.7 Å². The van der Waals surface area contributed by atoms with Crippen molar-refractivity contribution in [3.05, 3.63) is 73.1 Å². The molecule has 2 aromatic carbocycles. The van der Waals surface area contributed by atoms with E-state index in [1.165, 1.54) is 0 Å². The van der Waals surface area contributed by atoms with Crippen molar-refractivity contribution in [2.75, 3.05) is 0 Å². The summed E-state index contributed by atoms with van der Waals surface area (Å²) in [7, 11) is 0. The molecule has 0 aliphatic rings. The molecule has 0 unspecified atom stereocenters. The van der Waals surface area contributed by atoms with Crippen molar-refractivity contribution in [3.63, 3.8) is 0 Å². The maximum atomic E-state index is 4.65. The van der Waals surface area contributed by atoms with Crippen LogP contribution in [0.1, 0.15) is 0 Å². The van der Waals surface area contributed by atoms with Gasteiger partial charge in [-0.25, -0.2) is 4.98 Å². The Morgan fingerprint density at radius 2 is 1.00 bits per heavy atom. The predicted octanol–water partition coefficient (Wildman–Crippen LogP) is 3.81. The van der Waals surface area contributed by atoms with Crippen LogP contribution in [0.2, 0.25) is 0 Å². The Labute approximate surface area is 137 Å². The van der Waals surface area contributed by atoms with Crippen LogP contribution < -0.4 is 0 Å². The van der Waals surface area contributed by atoms with E-state index in [1.807, 2.05) is 60.7 Å². The Kier molecular flexibility index (Phi) is 4.95. The summed E-state index contributed by atoms with van der Waals surface area (Å²) in [6, 6.07) is 20.2. The second kappa shape index (κ2) is 6.69. The van der Waals surface area contributed by atoms with E-state index < -0.39 is 0 Å². The first-order chi connectivity index (χ1) is 8.93. The molecule has 3 aromatic rings. The van der Waals surface area contributed by atoms with Crippen LogP contribution in [0.4, 0.5) is 0 Å². The molecule has 0 spiro atoms. The zero-order valence-corrected chi connectivity index (χ0v) is 13.2. The molecule has 0 atom stereocenters. The first-order valence-corrected chi connectivity index (χ1v) is 5.86. The third kappa shape index (κ3) is 3.34. The number of benzene rings is 2. The smallest absolute Gasteiger partial charge is 0.0892 e. The van der Waals surface area contributed by atoms with Gasteiger partial charge >= 0.3 is 0 Å². The summed E-state index contributed by atoms with van der Waals surface area (Å²) in [5, 5.41) is 0. The molecular weight excluding hydrogens is 309 g/mol. The van der Waals surface area contributed by atoms with Gasteiger partial charge in [0.25, 0.3) is 0 Å². The van der Waals surface area contributed by atoms with E-state index in [0.717, 1.165) is 22.5 Å². The second-order valence-corrected chi connectivity index (χ2v) is 4.02. The topological polar surface area (TPSA) is 25.8 Å². The van der Waals surface area contributed by atoms with E-state index in [2.05, 4.69) is 9.97 Å². The second-order valence-electron chi connectivity index (χ2n) is 4.02. The van der Waals surface area contributed by atoms with Crippen LogP contribution in [0.3, 0.4) is 0 Å². The van der Waals surface area contributed by atoms with Gasteiger partial charge in [-0.15, -0.1) is 0 Å². The zero-order valence-electron chi connectivity index (χ0n) is 10.4. The summed E-state index contributed by atoms with van der Waals surface area (Å²) < 4.78 is 0. The molecule has 0 fully saturated rings. The van der Waals surface area contributed by atoms with Crippen molar-refractivity contribution in [1.29, 1.82) is 0 Å². The molecule has 1 radical (unpaired) electrons. The number of rotatable bonds is 2. The first kappa shape index (κ1) is 14.0. The molecule has 1 heterocycles. The van der Waals surface area contributed by atoms with Crippen LogP contribution in [0.5, 0.6) is 0 Å². The molecule has 3 heteroatoms. The Morgan fingerprint density at radius 1 is 0.579 bits per heavy atom. The molecular formula is C16H12N2Y. The summed E-state index contributed by atoms with van der Waals surface area (Å²) in [5.74, 6) is 0. The Hall–Kier alpha value is -1.38. The summed E-state index contributed by atoms with van der Waals surface area (Å²) in [5.41, 5.74) is 3.97. The van der Waals surface area contributed by atoms with Crippen LogP contribution in [0.25, 0.3) is 22.5 Å². The monoisotopic (exact) mass is 321 g/mol. The predicted molar refractivity (Wildman–Crippen MR) is 72.9 cm³/mol. The van der Waals surface area contributed by atoms with Gasteiger partial charge in [-0.05, 0) is 0 Å². The average molecular weight is 321 g/mol. The molecule has 3 rings (SSSR count). The zero-order chi connectivity index (χ0) is 12.2. The molecule has 89 valence electrons. The average Bonchev–Trinajstić information content (AvgIpc) is 2.49. The molecule has 19 heavy (non-hydrogen) atoms. The molecule has 0 saturated carbocycles. The largest absolute Gasteiger partial charge is 0.260 e. The van der Waals surface area contributed by atoms with E-state index in [4.69, 9.17) is 0 Å². The van der Waals surface area contributed by atoms with Crippen molar-refractivity contribution in [1.82, 2.24) is 9.97 Å². The van der Waals surface area contributed by atoms with E-state index in [-0.39, 0.29) is 32.7 Å². The minimum Gasteiger partial charge on any atom is -0.260 e. The fraction of sp³-hybridized carbons (Fsp3) is 0. The minimum absolute atomic E-state index is 0. The van der Waals surface area contributed by atoms with E-state index >= 15 is 0 Å². The fourth-order valence-corrected chi connectivity index (χ4v) is 1.86. The molecule has 0 N–H and O–H groups in total. The van der Waals surface area contributed by atoms with Crippen LogP contribution in [-0.4, -0.2) is 9.97 Å². The normalized spacial score (nSPS) is 9.68. The van der Waals surface area contributed by atoms with Gasteiger partial charge in [-0.3, -0.25) is 4.98 Å². The standard InChI is InChI=1S/C16H12N2.Y/c1-3-7-13(8-4-1)15-11-17-12-16(18-15)14-9-5-2-6-10-14;/h1-12H;. The SMILES string of the molecule is [Y].c1ccc(-c2cncc(-c3ccccc3)n2)cc1. The van der Waals surface area contributed by atoms with Gasteiger partial charge < -0.3 is 0 Å². The van der Waals surface area contributed by atoms with Crippen molar-refractivity contribution >= 4 is 0 Å². The van der Waals surface area contributed by atoms with Gasteiger partial charge in [-0.1, -0.05) is 60.7 Å². The third-order valence-electron chi connectivity index (χ3n) is 2.77. The summed E-state index contributed by atoms with van der Waals surface area (Å²) in [6.07, 6.45) is 3.59. The van der Waals surface area contributed by atoms with Gasteiger partial charge in [0.05, 0.1) is 23.8 Å². The van der Waals surface area contributed by atoms with E-state index in [0.29, 0.717) is 0 Å². The van der Waals surface area contributed by atoms with Gasteiger partial charge in [0.15, 0.2) is 0 Å². The Balaban J connectivity index is 0.00000133. The van der Waals surface area contributed by atoms with Gasteiger partial charge in [0, 0.05) is 43.8 Å². The maximum Gasteiger partial charge on any atom is 0.0892 e. The quantitative estimate of drug-likeness (QED) is 0.717. The molecule has 1 aromatic heterocycles. The van der Waals surface area contributed by atoms with Crippen molar-refractivity contribution in [2.45, 2.75) is 0 Å². The number of aromatic nitrogens is 2. The summed E-state index contributed by atoms with van der Waals surface area (Å²) >= 11 is 0. The van der Waals surface area contributed by atoms with Gasteiger partial charge in [0.1, 0.15) is 0 Å². The molecule has 2 nitrogen and oxygen atoms in total. The molecule has 0 saturated heterocycles. The number of nitrogens with zero attached hydrogens (tertiary/aromatic N) is 2. The maximum absolute atomic E-state index is 4.65. The summed E-state index contributed by atoms with van der Waals surface area (Å²) in [6.45, 7) is 0. The van der Waals surface area contributed by atoms with Gasteiger partial charge in [0.2, 0.25) is 0 Å². The molecule has 0 aliphatic heterocycles. The van der Waals surface area contributed by atoms with E-state index in [1.54, 1.807) is 12.4 Å².